The Morgan fingerprint density at radius 2 is 1.08 bits per heavy atom. The van der Waals surface area contributed by atoms with E-state index in [1.165, 1.54) is 4.90 Å². The third-order valence-corrected chi connectivity index (χ3v) is 8.06. The molecule has 0 aliphatic heterocycles. The molecule has 0 aliphatic rings. The van der Waals surface area contributed by atoms with Gasteiger partial charge >= 0.3 is 12.2 Å². The monoisotopic (exact) mass is 680 g/mol. The largest absolute Gasteiger partial charge is 0.465 e. The first-order valence-electron chi connectivity index (χ1n) is 17.8. The van der Waals surface area contributed by atoms with Crippen LogP contribution in [0.25, 0.3) is 0 Å². The fraction of sp³-hybridized carbons (Fsp3) is 0.590. The average Bonchev–Trinajstić information content (AvgIpc) is 3.01. The van der Waals surface area contributed by atoms with E-state index < -0.39 is 35.4 Å². The lowest BCUT2D eigenvalue weighted by molar-refractivity contribution is -0.127. The molecule has 0 unspecified atom stereocenters. The maximum atomic E-state index is 13.2. The predicted octanol–water partition coefficient (Wildman–Crippen LogP) is 7.26. The molecule has 0 bridgehead atoms. The summed E-state index contributed by atoms with van der Waals surface area (Å²) >= 11 is 0. The molecule has 0 aromatic heterocycles. The van der Waals surface area contributed by atoms with E-state index in [4.69, 9.17) is 4.74 Å². The SMILES string of the molecule is CC(C)(C)OC(=O)N[C@@H](Cc1ccccc1)C(=O)NCCCCCCCCCCCNC(=O)[C@H](Cc1ccccc1)N(C(=O)O)C(C)(C)C. The lowest BCUT2D eigenvalue weighted by atomic mass is 9.98. The van der Waals surface area contributed by atoms with Gasteiger partial charge in [0.25, 0.3) is 0 Å². The minimum atomic E-state index is -1.10. The van der Waals surface area contributed by atoms with Gasteiger partial charge in [-0.15, -0.1) is 0 Å². The Labute approximate surface area is 293 Å². The molecule has 0 radical (unpaired) electrons. The van der Waals surface area contributed by atoms with Crippen LogP contribution in [-0.2, 0) is 27.2 Å². The van der Waals surface area contributed by atoms with E-state index in [2.05, 4.69) is 16.0 Å². The fourth-order valence-corrected chi connectivity index (χ4v) is 5.69. The molecule has 0 saturated heterocycles. The number of alkyl carbamates (subject to hydrolysis) is 1. The van der Waals surface area contributed by atoms with E-state index in [0.717, 1.165) is 68.9 Å². The second-order valence-corrected chi connectivity index (χ2v) is 14.7. The van der Waals surface area contributed by atoms with Crippen LogP contribution in [0.4, 0.5) is 9.59 Å². The van der Waals surface area contributed by atoms with Crippen molar-refractivity contribution < 1.29 is 29.0 Å². The van der Waals surface area contributed by atoms with Crippen LogP contribution in [0.2, 0.25) is 0 Å². The molecule has 4 amide bonds. The van der Waals surface area contributed by atoms with Gasteiger partial charge in [0.05, 0.1) is 0 Å². The third-order valence-electron chi connectivity index (χ3n) is 8.06. The van der Waals surface area contributed by atoms with Crippen molar-refractivity contribution in [3.05, 3.63) is 71.8 Å². The molecule has 0 heterocycles. The van der Waals surface area contributed by atoms with Crippen molar-refractivity contribution in [2.75, 3.05) is 13.1 Å². The smallest absolute Gasteiger partial charge is 0.408 e. The molecule has 4 N–H and O–H groups in total. The normalized spacial score (nSPS) is 12.8. The van der Waals surface area contributed by atoms with Crippen molar-refractivity contribution in [3.63, 3.8) is 0 Å². The Balaban J connectivity index is 1.63. The van der Waals surface area contributed by atoms with Gasteiger partial charge in [0.15, 0.2) is 0 Å². The Hall–Kier alpha value is -4.08. The third kappa shape index (κ3) is 17.2. The molecule has 10 nitrogen and oxygen atoms in total. The predicted molar refractivity (Wildman–Crippen MR) is 194 cm³/mol. The van der Waals surface area contributed by atoms with Crippen LogP contribution in [0, 0.1) is 0 Å². The average molecular weight is 681 g/mol. The summed E-state index contributed by atoms with van der Waals surface area (Å²) in [6.07, 6.45) is 8.28. The molecule has 0 spiro atoms. The molecule has 49 heavy (non-hydrogen) atoms. The van der Waals surface area contributed by atoms with E-state index in [1.807, 2.05) is 60.7 Å². The number of nitrogens with zero attached hydrogens (tertiary/aromatic N) is 1. The van der Waals surface area contributed by atoms with E-state index in [9.17, 15) is 24.3 Å². The number of unbranched alkanes of at least 4 members (excludes halogenated alkanes) is 8. The number of hydrogen-bond donors (Lipinski definition) is 4. The summed E-state index contributed by atoms with van der Waals surface area (Å²) in [4.78, 5) is 51.9. The van der Waals surface area contributed by atoms with Gasteiger partial charge in [-0.2, -0.15) is 0 Å². The zero-order valence-corrected chi connectivity index (χ0v) is 30.6. The number of hydrogen-bond acceptors (Lipinski definition) is 5. The van der Waals surface area contributed by atoms with Gasteiger partial charge in [-0.3, -0.25) is 14.5 Å². The topological polar surface area (TPSA) is 137 Å². The van der Waals surface area contributed by atoms with Crippen LogP contribution in [-0.4, -0.2) is 70.3 Å². The summed E-state index contributed by atoms with van der Waals surface area (Å²) < 4.78 is 5.37. The van der Waals surface area contributed by atoms with Crippen LogP contribution in [0.1, 0.15) is 110 Å². The van der Waals surface area contributed by atoms with Gasteiger partial charge in [0, 0.05) is 31.5 Å². The molecule has 272 valence electrons. The number of carbonyl (C=O) groups is 4. The number of ether oxygens (including phenoxy) is 1. The highest BCUT2D eigenvalue weighted by molar-refractivity contribution is 5.86. The van der Waals surface area contributed by atoms with E-state index in [1.54, 1.807) is 41.5 Å². The molecule has 0 fully saturated rings. The standard InChI is InChI=1S/C39H60N4O6/c1-38(2,3)43(37(47)48)33(29-31-24-18-15-19-25-31)35(45)41-27-21-13-11-9-7-8-10-12-20-26-40-34(44)32(28-30-22-16-14-17-23-30)42-36(46)49-39(4,5)6/h14-19,22-25,32-33H,7-13,20-21,26-29H2,1-6H3,(H,40,44)(H,41,45)(H,42,46)(H,47,48)/t32-,33-/m0/s1. The molecule has 2 atom stereocenters. The Bertz CT molecular complexity index is 1270. The molecule has 0 saturated carbocycles. The maximum Gasteiger partial charge on any atom is 0.408 e. The van der Waals surface area contributed by atoms with Gasteiger partial charge in [0.2, 0.25) is 11.8 Å². The van der Waals surface area contributed by atoms with Gasteiger partial charge in [-0.25, -0.2) is 9.59 Å². The maximum absolute atomic E-state index is 13.2. The summed E-state index contributed by atoms with van der Waals surface area (Å²) in [5.74, 6) is -0.477. The second-order valence-electron chi connectivity index (χ2n) is 14.7. The first-order chi connectivity index (χ1) is 23.2. The number of carboxylic acid groups (broad SMARTS) is 1. The molecule has 10 heteroatoms. The zero-order chi connectivity index (χ0) is 36.3. The molecule has 2 aromatic carbocycles. The molecule has 0 aliphatic carbocycles. The van der Waals surface area contributed by atoms with Gasteiger partial charge in [0.1, 0.15) is 17.7 Å². The second kappa shape index (κ2) is 21.1. The fourth-order valence-electron chi connectivity index (χ4n) is 5.69. The van der Waals surface area contributed by atoms with Crippen molar-refractivity contribution >= 4 is 24.0 Å². The molecule has 2 rings (SSSR count). The number of nitrogens with one attached hydrogen (secondary N) is 3. The zero-order valence-electron chi connectivity index (χ0n) is 30.6. The summed E-state index contributed by atoms with van der Waals surface area (Å²) in [7, 11) is 0. The van der Waals surface area contributed by atoms with Gasteiger partial charge in [-0.05, 0) is 65.5 Å². The number of carbonyl (C=O) groups excluding carboxylic acids is 3. The number of rotatable bonds is 20. The summed E-state index contributed by atoms with van der Waals surface area (Å²) in [5.41, 5.74) is 0.507. The highest BCUT2D eigenvalue weighted by Gasteiger charge is 2.37. The summed E-state index contributed by atoms with van der Waals surface area (Å²) in [5, 5.41) is 18.6. The lowest BCUT2D eigenvalue weighted by Crippen LogP contribution is -2.57. The van der Waals surface area contributed by atoms with Crippen molar-refractivity contribution in [3.8, 4) is 0 Å². The van der Waals surface area contributed by atoms with Crippen LogP contribution in [0.15, 0.2) is 60.7 Å². The quantitative estimate of drug-likeness (QED) is 0.109. The summed E-state index contributed by atoms with van der Waals surface area (Å²) in [6.45, 7) is 11.9. The van der Waals surface area contributed by atoms with Crippen LogP contribution >= 0.6 is 0 Å². The highest BCUT2D eigenvalue weighted by atomic mass is 16.6. The van der Waals surface area contributed by atoms with E-state index in [-0.39, 0.29) is 11.8 Å². The van der Waals surface area contributed by atoms with Crippen LogP contribution in [0.5, 0.6) is 0 Å². The molecule has 2 aromatic rings. The molecular weight excluding hydrogens is 620 g/mol. The van der Waals surface area contributed by atoms with Crippen molar-refractivity contribution in [2.24, 2.45) is 0 Å². The Morgan fingerprint density at radius 3 is 1.51 bits per heavy atom. The number of amides is 4. The van der Waals surface area contributed by atoms with Crippen LogP contribution in [0.3, 0.4) is 0 Å². The summed E-state index contributed by atoms with van der Waals surface area (Å²) in [6, 6.07) is 17.6. The van der Waals surface area contributed by atoms with Crippen molar-refractivity contribution in [1.82, 2.24) is 20.9 Å². The van der Waals surface area contributed by atoms with Crippen molar-refractivity contribution in [1.29, 1.82) is 0 Å². The Morgan fingerprint density at radius 1 is 0.653 bits per heavy atom. The van der Waals surface area contributed by atoms with Gasteiger partial charge in [-0.1, -0.05) is 106 Å². The van der Waals surface area contributed by atoms with Crippen LogP contribution < -0.4 is 16.0 Å². The first-order valence-corrected chi connectivity index (χ1v) is 17.8. The lowest BCUT2D eigenvalue weighted by Gasteiger charge is -2.39. The molecular formula is C39H60N4O6. The van der Waals surface area contributed by atoms with Gasteiger partial charge < -0.3 is 25.8 Å². The van der Waals surface area contributed by atoms with Crippen molar-refractivity contribution in [2.45, 2.75) is 135 Å². The minimum Gasteiger partial charge on any atom is -0.465 e. The Kier molecular flexibility index (Phi) is 17.7. The number of benzene rings is 2. The first kappa shape index (κ1) is 41.1. The van der Waals surface area contributed by atoms with E-state index in [0.29, 0.717) is 25.9 Å². The highest BCUT2D eigenvalue weighted by Crippen LogP contribution is 2.21. The minimum absolute atomic E-state index is 0.217. The van der Waals surface area contributed by atoms with E-state index >= 15 is 0 Å².